The number of carbonyl (C=O) groups is 3. The Labute approximate surface area is 228 Å². The first-order chi connectivity index (χ1) is 18.4. The van der Waals surface area contributed by atoms with Crippen molar-refractivity contribution in [1.29, 1.82) is 0 Å². The van der Waals surface area contributed by atoms with Crippen molar-refractivity contribution in [2.75, 3.05) is 13.7 Å². The molecule has 0 amide bonds. The second kappa shape index (κ2) is 8.67. The molecule has 3 aliphatic heterocycles. The summed E-state index contributed by atoms with van der Waals surface area (Å²) >= 11 is 0. The summed E-state index contributed by atoms with van der Waals surface area (Å²) in [6, 6.07) is 1.84. The van der Waals surface area contributed by atoms with Gasteiger partial charge in [-0.05, 0) is 36.7 Å². The molecular weight excluding hydrogens is 504 g/mol. The van der Waals surface area contributed by atoms with E-state index in [2.05, 4.69) is 6.92 Å². The van der Waals surface area contributed by atoms with Crippen molar-refractivity contribution in [3.8, 4) is 0 Å². The summed E-state index contributed by atoms with van der Waals surface area (Å²) in [7, 11) is 1.36. The lowest BCUT2D eigenvalue weighted by atomic mass is 9.37. The third-order valence-corrected chi connectivity index (χ3v) is 11.2. The quantitative estimate of drug-likeness (QED) is 0.333. The molecule has 39 heavy (non-hydrogen) atoms. The van der Waals surface area contributed by atoms with Gasteiger partial charge in [0.2, 0.25) is 0 Å². The maximum absolute atomic E-state index is 13.0. The molecule has 9 heteroatoms. The fourth-order valence-electron chi connectivity index (χ4n) is 9.15. The molecule has 5 fully saturated rings. The van der Waals surface area contributed by atoms with Gasteiger partial charge in [0.05, 0.1) is 38.6 Å². The van der Waals surface area contributed by atoms with Gasteiger partial charge in [0.25, 0.3) is 0 Å². The van der Waals surface area contributed by atoms with Gasteiger partial charge in [0.1, 0.15) is 12.2 Å². The van der Waals surface area contributed by atoms with Crippen molar-refractivity contribution >= 4 is 17.9 Å². The van der Waals surface area contributed by atoms with Gasteiger partial charge >= 0.3 is 17.9 Å². The van der Waals surface area contributed by atoms with Crippen LogP contribution < -0.4 is 0 Å². The van der Waals surface area contributed by atoms with E-state index in [0.717, 1.165) is 17.6 Å². The average Bonchev–Trinajstić information content (AvgIpc) is 3.44. The van der Waals surface area contributed by atoms with Crippen LogP contribution in [-0.2, 0) is 33.3 Å². The number of ether oxygens (including phenoxy) is 4. The number of carbonyl (C=O) groups excluding carboxylic acids is 3. The number of fused-ring (bicyclic) bond motifs is 4. The van der Waals surface area contributed by atoms with Crippen molar-refractivity contribution in [1.82, 2.24) is 0 Å². The minimum Gasteiger partial charge on any atom is -0.472 e. The van der Waals surface area contributed by atoms with Gasteiger partial charge in [-0.2, -0.15) is 0 Å². The van der Waals surface area contributed by atoms with Crippen LogP contribution >= 0.6 is 0 Å². The highest BCUT2D eigenvalue weighted by Crippen LogP contribution is 2.74. The zero-order valence-corrected chi connectivity index (χ0v) is 23.2. The lowest BCUT2D eigenvalue weighted by Crippen LogP contribution is -2.80. The standard InChI is InChI=1S/C30H38O9/c1-6-22(31)38-26-20-11-17-18(29(4)21(13-23(32)35-5)28(26,3)15-37-30(20,29)34)7-9-27(2)19(17)12-24(33)39-25(27)16-8-10-36-14-16/h8,10-11,14,18-21,25-26,34H,6-7,9,12-13,15H2,1-5H3/t18-,19-,20-,21-,25-,26+,27+,28-,29+,30+/m0/s1. The van der Waals surface area contributed by atoms with Gasteiger partial charge in [-0.3, -0.25) is 14.4 Å². The highest BCUT2D eigenvalue weighted by atomic mass is 16.6. The van der Waals surface area contributed by atoms with Gasteiger partial charge in [0, 0.05) is 34.7 Å². The first-order valence-electron chi connectivity index (χ1n) is 14.0. The number of hydrogen-bond acceptors (Lipinski definition) is 9. The molecule has 212 valence electrons. The zero-order valence-electron chi connectivity index (χ0n) is 23.2. The molecule has 10 atom stereocenters. The second-order valence-electron chi connectivity index (χ2n) is 12.8. The normalized spacial score (nSPS) is 45.9. The van der Waals surface area contributed by atoms with Gasteiger partial charge < -0.3 is 28.5 Å². The summed E-state index contributed by atoms with van der Waals surface area (Å²) in [5.74, 6) is -4.03. The minimum atomic E-state index is -1.65. The van der Waals surface area contributed by atoms with Gasteiger partial charge in [-0.25, -0.2) is 0 Å². The highest BCUT2D eigenvalue weighted by Gasteiger charge is 2.79. The summed E-state index contributed by atoms with van der Waals surface area (Å²) in [6.45, 7) is 8.06. The number of esters is 3. The first kappa shape index (κ1) is 26.6. The smallest absolute Gasteiger partial charge is 0.307 e. The Morgan fingerprint density at radius 3 is 2.59 bits per heavy atom. The number of methoxy groups -OCH3 is 1. The van der Waals surface area contributed by atoms with Crippen LogP contribution in [0.15, 0.2) is 34.7 Å². The third kappa shape index (κ3) is 3.35. The van der Waals surface area contributed by atoms with Crippen molar-refractivity contribution in [2.24, 2.45) is 39.9 Å². The third-order valence-electron chi connectivity index (χ3n) is 11.2. The Bertz CT molecular complexity index is 1220. The molecule has 1 N–H and O–H groups in total. The van der Waals surface area contributed by atoms with Crippen molar-refractivity contribution in [3.05, 3.63) is 35.8 Å². The fourth-order valence-corrected chi connectivity index (χ4v) is 9.15. The van der Waals surface area contributed by atoms with Crippen LogP contribution in [0.3, 0.4) is 0 Å². The first-order valence-corrected chi connectivity index (χ1v) is 14.0. The minimum absolute atomic E-state index is 0.0630. The largest absolute Gasteiger partial charge is 0.472 e. The second-order valence-corrected chi connectivity index (χ2v) is 12.8. The van der Waals surface area contributed by atoms with Crippen LogP contribution in [0.4, 0.5) is 0 Å². The number of allylic oxidation sites excluding steroid dienone is 1. The fraction of sp³-hybridized carbons (Fsp3) is 0.700. The van der Waals surface area contributed by atoms with Gasteiger partial charge in [-0.1, -0.05) is 39.3 Å². The van der Waals surface area contributed by atoms with E-state index in [9.17, 15) is 19.5 Å². The van der Waals surface area contributed by atoms with Crippen LogP contribution in [0.25, 0.3) is 0 Å². The lowest BCUT2D eigenvalue weighted by Gasteiger charge is -2.73. The molecule has 1 aromatic heterocycles. The summed E-state index contributed by atoms with van der Waals surface area (Å²) in [5.41, 5.74) is -0.126. The molecular formula is C30H38O9. The Morgan fingerprint density at radius 2 is 1.92 bits per heavy atom. The SMILES string of the molecule is CCC(=O)O[C@@H]1[C@@H]2C=C3[C@@H]4CC(=O)O[C@@H](c5ccoc5)[C@]4(C)CC[C@@H]3[C@]3(C)[C@@H](CC(=O)OC)[C@]1(C)CO[C@]23O. The summed E-state index contributed by atoms with van der Waals surface area (Å²) in [5, 5.41) is 12.4. The van der Waals surface area contributed by atoms with Crippen molar-refractivity contribution in [2.45, 2.75) is 77.8 Å². The Balaban J connectivity index is 1.52. The molecule has 2 saturated carbocycles. The maximum Gasteiger partial charge on any atom is 0.307 e. The zero-order chi connectivity index (χ0) is 28.0. The van der Waals surface area contributed by atoms with E-state index in [1.54, 1.807) is 19.5 Å². The molecule has 6 aliphatic rings. The summed E-state index contributed by atoms with van der Waals surface area (Å²) in [4.78, 5) is 38.5. The summed E-state index contributed by atoms with van der Waals surface area (Å²) in [6.07, 6.45) is 6.02. The van der Waals surface area contributed by atoms with E-state index in [1.165, 1.54) is 7.11 Å². The monoisotopic (exact) mass is 542 g/mol. The van der Waals surface area contributed by atoms with Crippen LogP contribution in [0, 0.1) is 39.9 Å². The number of cyclic esters (lactones) is 1. The van der Waals surface area contributed by atoms with Crippen LogP contribution in [0.2, 0.25) is 0 Å². The lowest BCUT2D eigenvalue weighted by molar-refractivity contribution is -0.428. The maximum atomic E-state index is 13.0. The van der Waals surface area contributed by atoms with Crippen LogP contribution in [-0.4, -0.2) is 48.6 Å². The Hall–Kier alpha value is -2.65. The van der Waals surface area contributed by atoms with Gasteiger partial charge in [-0.15, -0.1) is 0 Å². The highest BCUT2D eigenvalue weighted by molar-refractivity contribution is 5.73. The topological polar surface area (TPSA) is 122 Å². The van der Waals surface area contributed by atoms with Crippen LogP contribution in [0.1, 0.15) is 71.5 Å². The van der Waals surface area contributed by atoms with Gasteiger partial charge in [0.15, 0.2) is 5.79 Å². The van der Waals surface area contributed by atoms with E-state index in [4.69, 9.17) is 23.4 Å². The molecule has 1 aromatic rings. The predicted octanol–water partition coefficient (Wildman–Crippen LogP) is 4.10. The summed E-state index contributed by atoms with van der Waals surface area (Å²) < 4.78 is 28.8. The van der Waals surface area contributed by atoms with E-state index >= 15 is 0 Å². The molecule has 0 spiro atoms. The molecule has 0 aromatic carbocycles. The van der Waals surface area contributed by atoms with E-state index < -0.39 is 40.2 Å². The molecule has 0 unspecified atom stereocenters. The molecule has 4 bridgehead atoms. The molecule has 3 saturated heterocycles. The molecule has 4 heterocycles. The average molecular weight is 543 g/mol. The molecule has 3 aliphatic carbocycles. The van der Waals surface area contributed by atoms with E-state index in [-0.39, 0.29) is 61.5 Å². The van der Waals surface area contributed by atoms with Crippen molar-refractivity contribution < 1.29 is 42.9 Å². The number of hydrogen-bond donors (Lipinski definition) is 1. The Morgan fingerprint density at radius 1 is 1.15 bits per heavy atom. The van der Waals surface area contributed by atoms with Crippen LogP contribution in [0.5, 0.6) is 0 Å². The number of aliphatic hydroxyl groups is 1. The van der Waals surface area contributed by atoms with E-state index in [1.807, 2.05) is 26.0 Å². The molecule has 0 radical (unpaired) electrons. The number of rotatable bonds is 5. The molecule has 9 nitrogen and oxygen atoms in total. The number of furan rings is 1. The molecule has 7 rings (SSSR count). The Kier molecular flexibility index (Phi) is 5.91. The predicted molar refractivity (Wildman–Crippen MR) is 135 cm³/mol. The van der Waals surface area contributed by atoms with Crippen molar-refractivity contribution in [3.63, 3.8) is 0 Å². The van der Waals surface area contributed by atoms with E-state index in [0.29, 0.717) is 6.42 Å².